The third-order valence-electron chi connectivity index (χ3n) is 2.73. The van der Waals surface area contributed by atoms with Crippen LogP contribution in [-0.4, -0.2) is 49.9 Å². The normalized spacial score (nSPS) is 17.1. The highest BCUT2D eigenvalue weighted by molar-refractivity contribution is 6.95. The van der Waals surface area contributed by atoms with Crippen LogP contribution in [-0.2, 0) is 8.23 Å². The van der Waals surface area contributed by atoms with Gasteiger partial charge in [-0.3, -0.25) is 0 Å². The Morgan fingerprint density at radius 3 is 1.65 bits per heavy atom. The van der Waals surface area contributed by atoms with Crippen molar-refractivity contribution in [3.8, 4) is 0 Å². The molecule has 0 fully saturated rings. The van der Waals surface area contributed by atoms with E-state index >= 15 is 0 Å². The first-order valence-electron chi connectivity index (χ1n) is 7.23. The standard InChI is InChI=1S/C11H33NO4Si4/c1-17(2,15-18(3,4)13)11-20(7,10-8-9-12)16-19(5,6)14/h13-14H,8-12H2,1-7H3. The van der Waals surface area contributed by atoms with Crippen LogP contribution in [0.3, 0.4) is 0 Å². The minimum absolute atomic E-state index is 0.641. The van der Waals surface area contributed by atoms with E-state index < -0.39 is 33.8 Å². The molecule has 1 atom stereocenters. The predicted octanol–water partition coefficient (Wildman–Crippen LogP) is 2.08. The van der Waals surface area contributed by atoms with E-state index in [0.717, 1.165) is 18.1 Å². The second-order valence-electron chi connectivity index (χ2n) is 7.38. The van der Waals surface area contributed by atoms with Crippen LogP contribution in [0.2, 0.25) is 57.5 Å². The Kier molecular flexibility index (Phi) is 7.53. The van der Waals surface area contributed by atoms with Crippen molar-refractivity contribution in [1.29, 1.82) is 0 Å². The molecule has 0 aliphatic heterocycles. The maximum Gasteiger partial charge on any atom is 0.318 e. The second-order valence-corrected chi connectivity index (χ2v) is 23.1. The number of rotatable bonds is 9. The van der Waals surface area contributed by atoms with E-state index in [2.05, 4.69) is 19.6 Å². The molecule has 20 heavy (non-hydrogen) atoms. The summed E-state index contributed by atoms with van der Waals surface area (Å²) in [4.78, 5) is 20.2. The fourth-order valence-electron chi connectivity index (χ4n) is 2.87. The highest BCUT2D eigenvalue weighted by Crippen LogP contribution is 2.30. The molecule has 0 aromatic carbocycles. The fraction of sp³-hybridized carbons (Fsp3) is 1.00. The molecule has 5 nitrogen and oxygen atoms in total. The predicted molar refractivity (Wildman–Crippen MR) is 94.0 cm³/mol. The lowest BCUT2D eigenvalue weighted by molar-refractivity contribution is 0.375. The smallest absolute Gasteiger partial charge is 0.318 e. The van der Waals surface area contributed by atoms with E-state index in [9.17, 15) is 9.59 Å². The number of hydrogen-bond acceptors (Lipinski definition) is 5. The first-order valence-corrected chi connectivity index (χ1v) is 18.9. The summed E-state index contributed by atoms with van der Waals surface area (Å²) < 4.78 is 12.1. The molecule has 0 aliphatic carbocycles. The first kappa shape index (κ1) is 20.7. The van der Waals surface area contributed by atoms with Gasteiger partial charge in [-0.2, -0.15) is 0 Å². The average Bonchev–Trinajstić information content (AvgIpc) is 2.05. The molecule has 0 amide bonds. The average molecular weight is 356 g/mol. The summed E-state index contributed by atoms with van der Waals surface area (Å²) in [5, 5.41) is 0. The van der Waals surface area contributed by atoms with Crippen LogP contribution in [0.4, 0.5) is 0 Å². The van der Waals surface area contributed by atoms with E-state index in [1.807, 2.05) is 0 Å². The molecule has 9 heteroatoms. The number of nitrogens with two attached hydrogens (primary N) is 1. The van der Waals surface area contributed by atoms with E-state index in [1.165, 1.54) is 0 Å². The molecule has 4 N–H and O–H groups in total. The van der Waals surface area contributed by atoms with Gasteiger partial charge in [-0.1, -0.05) is 0 Å². The van der Waals surface area contributed by atoms with E-state index in [1.54, 1.807) is 26.2 Å². The zero-order valence-corrected chi connectivity index (χ0v) is 18.1. The Morgan fingerprint density at radius 2 is 1.30 bits per heavy atom. The van der Waals surface area contributed by atoms with Crippen LogP contribution < -0.4 is 5.73 Å². The van der Waals surface area contributed by atoms with Gasteiger partial charge in [0.2, 0.25) is 0 Å². The van der Waals surface area contributed by atoms with Crippen LogP contribution in [0.25, 0.3) is 0 Å². The van der Waals surface area contributed by atoms with E-state index in [4.69, 9.17) is 14.0 Å². The Balaban J connectivity index is 4.96. The van der Waals surface area contributed by atoms with Crippen molar-refractivity contribution in [2.45, 2.75) is 64.0 Å². The van der Waals surface area contributed by atoms with E-state index in [-0.39, 0.29) is 0 Å². The molecule has 0 heterocycles. The molecule has 0 saturated heterocycles. The third-order valence-corrected chi connectivity index (χ3v) is 18.7. The maximum absolute atomic E-state index is 10.1. The Hall–Kier alpha value is 0.668. The summed E-state index contributed by atoms with van der Waals surface area (Å²) in [6.45, 7) is 14.3. The minimum Gasteiger partial charge on any atom is -0.436 e. The van der Waals surface area contributed by atoms with Crippen LogP contribution in [0.5, 0.6) is 0 Å². The molecule has 0 saturated carbocycles. The SMILES string of the molecule is C[Si](C)(O)O[Si](C)(C)C[Si](C)(CCCN)O[Si](C)(C)O. The monoisotopic (exact) mass is 355 g/mol. The van der Waals surface area contributed by atoms with Gasteiger partial charge in [-0.05, 0) is 70.5 Å². The fourth-order valence-corrected chi connectivity index (χ4v) is 24.2. The van der Waals surface area contributed by atoms with Gasteiger partial charge in [0, 0.05) is 0 Å². The largest absolute Gasteiger partial charge is 0.436 e. The van der Waals surface area contributed by atoms with Gasteiger partial charge in [0.1, 0.15) is 0 Å². The van der Waals surface area contributed by atoms with Gasteiger partial charge >= 0.3 is 17.1 Å². The Bertz CT molecular complexity index is 304. The lowest BCUT2D eigenvalue weighted by Gasteiger charge is -2.39. The molecule has 0 radical (unpaired) electrons. The summed E-state index contributed by atoms with van der Waals surface area (Å²) in [5.74, 6) is 0. The van der Waals surface area contributed by atoms with Crippen molar-refractivity contribution in [3.63, 3.8) is 0 Å². The van der Waals surface area contributed by atoms with Crippen LogP contribution in [0, 0.1) is 0 Å². The van der Waals surface area contributed by atoms with Gasteiger partial charge in [0.15, 0.2) is 16.6 Å². The van der Waals surface area contributed by atoms with Crippen LogP contribution >= 0.6 is 0 Å². The maximum atomic E-state index is 10.1. The van der Waals surface area contributed by atoms with Crippen molar-refractivity contribution in [2.75, 3.05) is 6.54 Å². The summed E-state index contributed by atoms with van der Waals surface area (Å²) in [6.07, 6.45) is 0.914. The van der Waals surface area contributed by atoms with Crippen molar-refractivity contribution >= 4 is 33.8 Å². The highest BCUT2D eigenvalue weighted by atomic mass is 28.5. The zero-order valence-electron chi connectivity index (χ0n) is 14.1. The van der Waals surface area contributed by atoms with Crippen molar-refractivity contribution in [3.05, 3.63) is 0 Å². The van der Waals surface area contributed by atoms with Gasteiger partial charge < -0.3 is 23.6 Å². The molecule has 0 aromatic rings. The molecular weight excluding hydrogens is 322 g/mol. The van der Waals surface area contributed by atoms with Gasteiger partial charge in [0.05, 0.1) is 0 Å². The van der Waals surface area contributed by atoms with Gasteiger partial charge in [-0.25, -0.2) is 0 Å². The quantitative estimate of drug-likeness (QED) is 0.551. The molecule has 0 spiro atoms. The lowest BCUT2D eigenvalue weighted by Crippen LogP contribution is -2.54. The van der Waals surface area contributed by atoms with Crippen LogP contribution in [0.15, 0.2) is 0 Å². The van der Waals surface area contributed by atoms with Gasteiger partial charge in [0.25, 0.3) is 0 Å². The molecule has 0 bridgehead atoms. The molecule has 122 valence electrons. The van der Waals surface area contributed by atoms with Gasteiger partial charge in [-0.15, -0.1) is 0 Å². The minimum atomic E-state index is -2.56. The summed E-state index contributed by atoms with van der Waals surface area (Å²) >= 11 is 0. The third kappa shape index (κ3) is 10.4. The Morgan fingerprint density at radius 1 is 0.850 bits per heavy atom. The number of hydrogen-bond donors (Lipinski definition) is 3. The second kappa shape index (κ2) is 7.29. The Labute approximate surface area is 128 Å². The zero-order chi connectivity index (χ0) is 16.2. The van der Waals surface area contributed by atoms with Crippen LogP contribution in [0.1, 0.15) is 6.42 Å². The first-order chi connectivity index (χ1) is 8.68. The van der Waals surface area contributed by atoms with E-state index in [0.29, 0.717) is 6.54 Å². The molecule has 0 aliphatic rings. The molecular formula is C11H33NO4Si4. The van der Waals surface area contributed by atoms with Crippen molar-refractivity contribution < 1.29 is 17.8 Å². The molecule has 1 unspecified atom stereocenters. The molecule has 0 rings (SSSR count). The molecule has 0 aromatic heterocycles. The highest BCUT2D eigenvalue weighted by Gasteiger charge is 2.43. The summed E-state index contributed by atoms with van der Waals surface area (Å²) in [7, 11) is -9.16. The lowest BCUT2D eigenvalue weighted by atomic mass is 10.5. The van der Waals surface area contributed by atoms with Crippen molar-refractivity contribution in [2.24, 2.45) is 5.73 Å². The van der Waals surface area contributed by atoms with Crippen molar-refractivity contribution in [1.82, 2.24) is 0 Å². The topological polar surface area (TPSA) is 84.9 Å². The summed E-state index contributed by atoms with van der Waals surface area (Å²) in [6, 6.07) is 0.938. The summed E-state index contributed by atoms with van der Waals surface area (Å²) in [5.41, 5.74) is 6.51.